The Morgan fingerprint density at radius 3 is 2.67 bits per heavy atom. The number of nitrogens with one attached hydrogen (secondary N) is 1. The van der Waals surface area contributed by atoms with Gasteiger partial charge in [0.05, 0.1) is 33.1 Å². The van der Waals surface area contributed by atoms with E-state index in [4.69, 9.17) is 15.2 Å². The van der Waals surface area contributed by atoms with Gasteiger partial charge >= 0.3 is 0 Å². The van der Waals surface area contributed by atoms with Crippen molar-refractivity contribution >= 4 is 22.8 Å². The third-order valence-corrected chi connectivity index (χ3v) is 5.78. The number of rotatable bonds is 12. The Hall–Kier alpha value is -3.02. The van der Waals surface area contributed by atoms with Crippen LogP contribution in [0.15, 0.2) is 24.4 Å². The van der Waals surface area contributed by atoms with Crippen LogP contribution in [0.2, 0.25) is 0 Å². The number of methoxy groups -OCH3 is 1. The summed E-state index contributed by atoms with van der Waals surface area (Å²) in [7, 11) is 3.55. The van der Waals surface area contributed by atoms with Crippen molar-refractivity contribution in [2.45, 2.75) is 38.8 Å². The molecule has 0 radical (unpaired) electrons. The molecule has 10 nitrogen and oxygen atoms in total. The maximum atomic E-state index is 12.5. The lowest BCUT2D eigenvalue weighted by Crippen LogP contribution is -2.29. The Labute approximate surface area is 211 Å². The van der Waals surface area contributed by atoms with E-state index in [0.29, 0.717) is 49.3 Å². The lowest BCUT2D eigenvalue weighted by Gasteiger charge is -2.22. The predicted octanol–water partition coefficient (Wildman–Crippen LogP) is 2.53. The van der Waals surface area contributed by atoms with Crippen LogP contribution in [0.4, 0.5) is 16.2 Å². The van der Waals surface area contributed by atoms with Crippen LogP contribution in [0.5, 0.6) is 5.75 Å². The first-order valence-electron chi connectivity index (χ1n) is 12.4. The number of aromatic nitrogens is 4. The minimum absolute atomic E-state index is 0.0576. The van der Waals surface area contributed by atoms with E-state index in [1.54, 1.807) is 11.8 Å². The molecule has 36 heavy (non-hydrogen) atoms. The smallest absolute Gasteiger partial charge is 0.222 e. The average Bonchev–Trinajstić information content (AvgIpc) is 3.58. The van der Waals surface area contributed by atoms with E-state index >= 15 is 0 Å². The molecule has 3 aromatic rings. The van der Waals surface area contributed by atoms with Gasteiger partial charge < -0.3 is 30.5 Å². The third kappa shape index (κ3) is 7.74. The molecule has 4 rings (SSSR count). The van der Waals surface area contributed by atoms with E-state index < -0.39 is 0 Å². The quantitative estimate of drug-likeness (QED) is 0.320. The minimum atomic E-state index is -0.377. The van der Waals surface area contributed by atoms with Gasteiger partial charge in [-0.2, -0.15) is 10.1 Å². The first-order chi connectivity index (χ1) is 17.6. The largest absolute Gasteiger partial charge is 0.496 e. The summed E-state index contributed by atoms with van der Waals surface area (Å²) in [6, 6.07) is 6.08. The van der Waals surface area contributed by atoms with Crippen LogP contribution >= 0.6 is 0 Å². The number of nitrogens with zero attached hydrogens (tertiary/aromatic N) is 5. The van der Waals surface area contributed by atoms with Gasteiger partial charge in [-0.15, -0.1) is 0 Å². The maximum Gasteiger partial charge on any atom is 0.222 e. The number of halogens is 1. The SMILES string of the molecule is C1CCOC1.CNCc1ccc(Cn2cc3nc(N)nc(N(CCO)CCCCF)c3n2)c(OC)c1. The zero-order chi connectivity index (χ0) is 25.8. The second-order valence-corrected chi connectivity index (χ2v) is 8.57. The van der Waals surface area contributed by atoms with Gasteiger partial charge in [0.25, 0.3) is 0 Å². The highest BCUT2D eigenvalue weighted by atomic mass is 19.1. The van der Waals surface area contributed by atoms with E-state index in [9.17, 15) is 9.50 Å². The molecule has 0 aliphatic carbocycles. The van der Waals surface area contributed by atoms with Gasteiger partial charge in [0.2, 0.25) is 5.95 Å². The number of aliphatic hydroxyl groups excluding tert-OH is 1. The van der Waals surface area contributed by atoms with Crippen molar-refractivity contribution in [1.82, 2.24) is 25.1 Å². The topological polar surface area (TPSA) is 124 Å². The minimum Gasteiger partial charge on any atom is -0.496 e. The molecule has 0 amide bonds. The summed E-state index contributed by atoms with van der Waals surface area (Å²) in [5, 5.41) is 17.3. The number of anilines is 2. The number of hydrogen-bond acceptors (Lipinski definition) is 9. The molecule has 1 fully saturated rings. The number of hydrogen-bond donors (Lipinski definition) is 3. The van der Waals surface area contributed by atoms with E-state index in [1.165, 1.54) is 12.8 Å². The van der Waals surface area contributed by atoms with E-state index in [-0.39, 0.29) is 19.2 Å². The molecule has 0 atom stereocenters. The molecule has 1 aromatic carbocycles. The fraction of sp³-hybridized carbons (Fsp3) is 0.560. The molecule has 0 saturated carbocycles. The number of aliphatic hydroxyl groups is 1. The first-order valence-corrected chi connectivity index (χ1v) is 12.4. The summed E-state index contributed by atoms with van der Waals surface area (Å²) < 4.78 is 24.8. The molecular weight excluding hydrogens is 465 g/mol. The van der Waals surface area contributed by atoms with Gasteiger partial charge in [-0.25, -0.2) is 4.98 Å². The van der Waals surface area contributed by atoms with Gasteiger partial charge in [-0.1, -0.05) is 12.1 Å². The maximum absolute atomic E-state index is 12.5. The van der Waals surface area contributed by atoms with Gasteiger partial charge in [-0.05, 0) is 44.4 Å². The summed E-state index contributed by atoms with van der Waals surface area (Å²) in [4.78, 5) is 10.6. The Bertz CT molecular complexity index is 1070. The van der Waals surface area contributed by atoms with Crippen molar-refractivity contribution in [3.63, 3.8) is 0 Å². The van der Waals surface area contributed by atoms with Gasteiger partial charge in [0.15, 0.2) is 11.3 Å². The number of nitrogen functional groups attached to an aromatic ring is 1. The van der Waals surface area contributed by atoms with Crippen LogP contribution in [-0.2, 0) is 17.8 Å². The fourth-order valence-electron chi connectivity index (χ4n) is 4.02. The zero-order valence-corrected chi connectivity index (χ0v) is 21.2. The van der Waals surface area contributed by atoms with Gasteiger partial charge in [-0.3, -0.25) is 9.07 Å². The highest BCUT2D eigenvalue weighted by Crippen LogP contribution is 2.26. The summed E-state index contributed by atoms with van der Waals surface area (Å²) in [5.74, 6) is 1.46. The number of unbranched alkanes of at least 4 members (excludes halogenated alkanes) is 1. The summed E-state index contributed by atoms with van der Waals surface area (Å²) >= 11 is 0. The number of fused-ring (bicyclic) bond motifs is 1. The Morgan fingerprint density at radius 1 is 1.22 bits per heavy atom. The molecule has 0 unspecified atom stereocenters. The number of alkyl halides is 1. The second-order valence-electron chi connectivity index (χ2n) is 8.57. The van der Waals surface area contributed by atoms with Crippen LogP contribution in [-0.4, -0.2) is 78.6 Å². The van der Waals surface area contributed by atoms with E-state index in [0.717, 1.165) is 36.6 Å². The lowest BCUT2D eigenvalue weighted by atomic mass is 10.1. The normalized spacial score (nSPS) is 13.0. The van der Waals surface area contributed by atoms with Crippen LogP contribution < -0.4 is 20.7 Å². The molecule has 4 N–H and O–H groups in total. The van der Waals surface area contributed by atoms with Crippen molar-refractivity contribution in [1.29, 1.82) is 0 Å². The molecule has 0 spiro atoms. The molecule has 2 aromatic heterocycles. The van der Waals surface area contributed by atoms with Gasteiger partial charge in [0.1, 0.15) is 11.3 Å². The Balaban J connectivity index is 0.000000642. The molecular formula is C25H38FN7O3. The standard InChI is InChI=1S/C21H30FN7O2.C4H8O/c1-24-12-15-5-6-16(18(11-15)31-2)13-29-14-17-19(27-29)20(26-21(23)25-17)28(9-10-30)8-4-3-7-22;1-2-4-5-3-1/h5-6,11,14,24,30H,3-4,7-10,12-13H2,1-2H3,(H2,23,25);1-4H2. The van der Waals surface area contributed by atoms with E-state index in [1.807, 2.05) is 30.3 Å². The number of nitrogens with two attached hydrogens (primary N) is 1. The molecule has 1 aliphatic rings. The van der Waals surface area contributed by atoms with Crippen LogP contribution in [0.1, 0.15) is 36.8 Å². The Morgan fingerprint density at radius 2 is 2.03 bits per heavy atom. The number of benzene rings is 1. The van der Waals surface area contributed by atoms with Crippen LogP contribution in [0.25, 0.3) is 11.0 Å². The zero-order valence-electron chi connectivity index (χ0n) is 21.2. The molecule has 1 aliphatic heterocycles. The summed E-state index contributed by atoms with van der Waals surface area (Å²) in [6.45, 7) is 3.70. The van der Waals surface area contributed by atoms with Crippen molar-refractivity contribution < 1.29 is 19.0 Å². The molecule has 0 bridgehead atoms. The van der Waals surface area contributed by atoms with Crippen LogP contribution in [0.3, 0.4) is 0 Å². The Kier molecular flexibility index (Phi) is 11.1. The van der Waals surface area contributed by atoms with Crippen molar-refractivity contribution in [2.75, 3.05) is 64.4 Å². The molecule has 3 heterocycles. The fourth-order valence-corrected chi connectivity index (χ4v) is 4.02. The average molecular weight is 504 g/mol. The van der Waals surface area contributed by atoms with Gasteiger partial charge in [0, 0.05) is 38.4 Å². The highest BCUT2D eigenvalue weighted by molar-refractivity contribution is 5.86. The third-order valence-electron chi connectivity index (χ3n) is 5.78. The van der Waals surface area contributed by atoms with Crippen molar-refractivity contribution in [3.05, 3.63) is 35.5 Å². The first kappa shape index (κ1) is 27.6. The summed E-state index contributed by atoms with van der Waals surface area (Å²) in [5.41, 5.74) is 9.24. The second kappa shape index (κ2) is 14.5. The number of ether oxygens (including phenoxy) is 2. The summed E-state index contributed by atoms with van der Waals surface area (Å²) in [6.07, 6.45) is 5.46. The molecule has 11 heteroatoms. The van der Waals surface area contributed by atoms with Crippen LogP contribution in [0, 0.1) is 0 Å². The molecule has 198 valence electrons. The lowest BCUT2D eigenvalue weighted by molar-refractivity contribution is 0.198. The van der Waals surface area contributed by atoms with Crippen molar-refractivity contribution in [2.24, 2.45) is 0 Å². The van der Waals surface area contributed by atoms with E-state index in [2.05, 4.69) is 26.4 Å². The predicted molar refractivity (Wildman–Crippen MR) is 139 cm³/mol. The monoisotopic (exact) mass is 503 g/mol. The highest BCUT2D eigenvalue weighted by Gasteiger charge is 2.18. The van der Waals surface area contributed by atoms with Crippen molar-refractivity contribution in [3.8, 4) is 5.75 Å². The molecule has 1 saturated heterocycles.